The largest absolute Gasteiger partial charge is 0.512 e. The number of aliphatic hydroxyl groups excluding tert-OH is 1. The number of nitrogens with zero attached hydrogens (tertiary/aromatic N) is 1. The molecule has 0 aliphatic rings. The van der Waals surface area contributed by atoms with Crippen molar-refractivity contribution >= 4 is 22.9 Å². The molecule has 6 heteroatoms. The van der Waals surface area contributed by atoms with E-state index in [0.29, 0.717) is 5.56 Å². The number of aliphatic hydroxyl groups is 1. The van der Waals surface area contributed by atoms with Crippen LogP contribution in [0.15, 0.2) is 60.4 Å². The number of nitro groups is 1. The van der Waals surface area contributed by atoms with Crippen LogP contribution in [0.5, 0.6) is 0 Å². The van der Waals surface area contributed by atoms with Crippen LogP contribution < -0.4 is 5.32 Å². The normalized spacial score (nSPS) is 11.5. The number of nitrogens with one attached hydrogen (secondary N) is 1. The summed E-state index contributed by atoms with van der Waals surface area (Å²) in [6, 6.07) is 14.4. The van der Waals surface area contributed by atoms with Gasteiger partial charge in [-0.2, -0.15) is 0 Å². The highest BCUT2D eigenvalue weighted by Crippen LogP contribution is 2.26. The summed E-state index contributed by atoms with van der Waals surface area (Å²) in [5.41, 5.74) is 0.461. The van der Waals surface area contributed by atoms with Gasteiger partial charge in [-0.05, 0) is 18.6 Å². The monoisotopic (exact) mass is 298 g/mol. The van der Waals surface area contributed by atoms with Gasteiger partial charge in [-0.1, -0.05) is 42.5 Å². The maximum absolute atomic E-state index is 12.4. The standard InChI is InChI=1S/C16H14N2O4/c1-11(19)15(12-7-3-2-4-8-12)16(20)17-13-9-5-6-10-14(13)18(21)22/h2-10,19H,1H3,(H,17,20)/b15-11+. The van der Waals surface area contributed by atoms with Crippen molar-refractivity contribution in [2.24, 2.45) is 0 Å². The Kier molecular flexibility index (Phi) is 4.53. The van der Waals surface area contributed by atoms with Crippen molar-refractivity contribution in [1.82, 2.24) is 0 Å². The molecular formula is C16H14N2O4. The molecule has 0 spiro atoms. The first-order valence-corrected chi connectivity index (χ1v) is 6.50. The summed E-state index contributed by atoms with van der Waals surface area (Å²) < 4.78 is 0. The molecule has 22 heavy (non-hydrogen) atoms. The minimum atomic E-state index is -0.611. The highest BCUT2D eigenvalue weighted by Gasteiger charge is 2.19. The van der Waals surface area contributed by atoms with Crippen LogP contribution in [-0.2, 0) is 4.79 Å². The van der Waals surface area contributed by atoms with Gasteiger partial charge in [0.15, 0.2) is 0 Å². The van der Waals surface area contributed by atoms with E-state index in [1.807, 2.05) is 0 Å². The second-order valence-corrected chi connectivity index (χ2v) is 4.55. The van der Waals surface area contributed by atoms with E-state index in [1.54, 1.807) is 36.4 Å². The van der Waals surface area contributed by atoms with Crippen LogP contribution in [0.4, 0.5) is 11.4 Å². The van der Waals surface area contributed by atoms with Crippen molar-refractivity contribution in [2.45, 2.75) is 6.92 Å². The molecule has 0 aliphatic heterocycles. The Hall–Kier alpha value is -3.15. The lowest BCUT2D eigenvalue weighted by Crippen LogP contribution is -2.16. The van der Waals surface area contributed by atoms with Crippen molar-refractivity contribution < 1.29 is 14.8 Å². The second-order valence-electron chi connectivity index (χ2n) is 4.55. The van der Waals surface area contributed by atoms with Gasteiger partial charge in [0, 0.05) is 6.07 Å². The minimum Gasteiger partial charge on any atom is -0.512 e. The molecule has 2 rings (SSSR count). The maximum atomic E-state index is 12.4. The average molecular weight is 298 g/mol. The van der Waals surface area contributed by atoms with Crippen molar-refractivity contribution in [3.63, 3.8) is 0 Å². The molecule has 2 aromatic carbocycles. The van der Waals surface area contributed by atoms with Crippen LogP contribution in [0.25, 0.3) is 5.57 Å². The zero-order chi connectivity index (χ0) is 16.1. The van der Waals surface area contributed by atoms with Crippen LogP contribution >= 0.6 is 0 Å². The Bertz CT molecular complexity index is 735. The number of anilines is 1. The van der Waals surface area contributed by atoms with E-state index >= 15 is 0 Å². The van der Waals surface area contributed by atoms with Gasteiger partial charge in [-0.3, -0.25) is 14.9 Å². The molecule has 0 aromatic heterocycles. The Morgan fingerprint density at radius 1 is 1.09 bits per heavy atom. The molecule has 1 amide bonds. The van der Waals surface area contributed by atoms with Crippen molar-refractivity contribution in [1.29, 1.82) is 0 Å². The predicted molar refractivity (Wildman–Crippen MR) is 83.4 cm³/mol. The number of benzene rings is 2. The number of carbonyl (C=O) groups is 1. The summed E-state index contributed by atoms with van der Waals surface area (Å²) in [5, 5.41) is 23.2. The van der Waals surface area contributed by atoms with Gasteiger partial charge in [0.25, 0.3) is 11.6 Å². The fourth-order valence-corrected chi connectivity index (χ4v) is 2.03. The van der Waals surface area contributed by atoms with Crippen LogP contribution in [0.1, 0.15) is 12.5 Å². The van der Waals surface area contributed by atoms with Gasteiger partial charge in [-0.15, -0.1) is 0 Å². The third kappa shape index (κ3) is 3.29. The number of hydrogen-bond acceptors (Lipinski definition) is 4. The minimum absolute atomic E-state index is 0.0683. The lowest BCUT2D eigenvalue weighted by atomic mass is 10.0. The topological polar surface area (TPSA) is 92.5 Å². The molecule has 0 atom stereocenters. The molecule has 0 radical (unpaired) electrons. The lowest BCUT2D eigenvalue weighted by Gasteiger charge is -2.10. The molecule has 0 bridgehead atoms. The first kappa shape index (κ1) is 15.2. The molecular weight excluding hydrogens is 284 g/mol. The van der Waals surface area contributed by atoms with Crippen molar-refractivity contribution in [3.8, 4) is 0 Å². The predicted octanol–water partition coefficient (Wildman–Crippen LogP) is 3.52. The highest BCUT2D eigenvalue weighted by molar-refractivity contribution is 6.26. The Morgan fingerprint density at radius 2 is 1.68 bits per heavy atom. The molecule has 0 unspecified atom stereocenters. The van der Waals surface area contributed by atoms with Crippen LogP contribution in [0, 0.1) is 10.1 Å². The van der Waals surface area contributed by atoms with Gasteiger partial charge in [0.05, 0.1) is 10.5 Å². The number of para-hydroxylation sites is 2. The van der Waals surface area contributed by atoms with Crippen molar-refractivity contribution in [2.75, 3.05) is 5.32 Å². The summed E-state index contributed by atoms with van der Waals surface area (Å²) >= 11 is 0. The summed E-state index contributed by atoms with van der Waals surface area (Å²) in [6.07, 6.45) is 0. The zero-order valence-electron chi connectivity index (χ0n) is 11.8. The van der Waals surface area contributed by atoms with E-state index in [0.717, 1.165) is 0 Å². The first-order chi connectivity index (χ1) is 10.5. The highest BCUT2D eigenvalue weighted by atomic mass is 16.6. The van der Waals surface area contributed by atoms with Crippen LogP contribution in [0.2, 0.25) is 0 Å². The fourth-order valence-electron chi connectivity index (χ4n) is 2.03. The molecule has 0 heterocycles. The Balaban J connectivity index is 2.36. The van der Waals surface area contributed by atoms with E-state index in [9.17, 15) is 20.0 Å². The Labute approximate surface area is 126 Å². The number of carbonyl (C=O) groups excluding carboxylic acids is 1. The van der Waals surface area contributed by atoms with Crippen LogP contribution in [0.3, 0.4) is 0 Å². The van der Waals surface area contributed by atoms with Gasteiger partial charge in [0.2, 0.25) is 0 Å². The maximum Gasteiger partial charge on any atom is 0.292 e. The SMILES string of the molecule is C/C(O)=C(\C(=O)Nc1ccccc1[N+](=O)[O-])c1ccccc1. The molecule has 112 valence electrons. The average Bonchev–Trinajstić information content (AvgIpc) is 2.48. The molecule has 2 N–H and O–H groups in total. The van der Waals surface area contributed by atoms with Crippen LogP contribution in [-0.4, -0.2) is 15.9 Å². The summed E-state index contributed by atoms with van der Waals surface area (Å²) in [6.45, 7) is 1.39. The lowest BCUT2D eigenvalue weighted by molar-refractivity contribution is -0.383. The van der Waals surface area contributed by atoms with Gasteiger partial charge in [-0.25, -0.2) is 0 Å². The number of allylic oxidation sites excluding steroid dienone is 1. The third-order valence-corrected chi connectivity index (χ3v) is 3.00. The number of nitro benzene ring substituents is 1. The third-order valence-electron chi connectivity index (χ3n) is 3.00. The van der Waals surface area contributed by atoms with E-state index in [1.165, 1.54) is 25.1 Å². The number of hydrogen-bond donors (Lipinski definition) is 2. The summed E-state index contributed by atoms with van der Waals surface area (Å²) in [4.78, 5) is 22.8. The number of amides is 1. The molecule has 6 nitrogen and oxygen atoms in total. The molecule has 0 saturated carbocycles. The van der Waals surface area contributed by atoms with Crippen molar-refractivity contribution in [3.05, 3.63) is 76.0 Å². The summed E-state index contributed by atoms with van der Waals surface area (Å²) in [5.74, 6) is -0.775. The molecule has 0 fully saturated rings. The van der Waals surface area contributed by atoms with E-state index in [4.69, 9.17) is 0 Å². The van der Waals surface area contributed by atoms with Gasteiger partial charge >= 0.3 is 0 Å². The van der Waals surface area contributed by atoms with Gasteiger partial charge in [0.1, 0.15) is 11.4 Å². The van der Waals surface area contributed by atoms with E-state index in [-0.39, 0.29) is 22.7 Å². The van der Waals surface area contributed by atoms with E-state index < -0.39 is 10.8 Å². The smallest absolute Gasteiger partial charge is 0.292 e. The molecule has 0 aliphatic carbocycles. The van der Waals surface area contributed by atoms with E-state index in [2.05, 4.69) is 5.32 Å². The molecule has 2 aromatic rings. The van der Waals surface area contributed by atoms with Gasteiger partial charge < -0.3 is 10.4 Å². The number of rotatable bonds is 4. The molecule has 0 saturated heterocycles. The zero-order valence-corrected chi connectivity index (χ0v) is 11.8. The first-order valence-electron chi connectivity index (χ1n) is 6.50. The quantitative estimate of drug-likeness (QED) is 0.391. The fraction of sp³-hybridized carbons (Fsp3) is 0.0625. The Morgan fingerprint density at radius 3 is 2.27 bits per heavy atom. The summed E-state index contributed by atoms with van der Waals surface area (Å²) in [7, 11) is 0. The second kappa shape index (κ2) is 6.53.